The first kappa shape index (κ1) is 17.7. The molecule has 0 radical (unpaired) electrons. The molecule has 24 heavy (non-hydrogen) atoms. The summed E-state index contributed by atoms with van der Waals surface area (Å²) in [7, 11) is -3.02. The third-order valence-electron chi connectivity index (χ3n) is 5.43. The highest BCUT2D eigenvalue weighted by atomic mass is 35.5. The molecule has 0 aliphatic carbocycles. The van der Waals surface area contributed by atoms with E-state index in [1.165, 1.54) is 6.26 Å². The lowest BCUT2D eigenvalue weighted by atomic mass is 10.0. The highest BCUT2D eigenvalue weighted by molar-refractivity contribution is 7.91. The fraction of sp³-hybridized carbons (Fsp3) is 0.611. The number of carbonyl (C=O) groups excluding carboxylic acids is 1. The molecular formula is C18H24ClNO3S. The number of aryl methyl sites for hydroxylation is 2. The molecule has 3 rings (SSSR count). The summed E-state index contributed by atoms with van der Waals surface area (Å²) >= 11 is 6.04. The Morgan fingerprint density at radius 2 is 1.88 bits per heavy atom. The molecule has 1 aromatic rings. The van der Waals surface area contributed by atoms with E-state index in [1.807, 2.05) is 30.0 Å². The number of fused-ring (bicyclic) bond motifs is 2. The van der Waals surface area contributed by atoms with Gasteiger partial charge < -0.3 is 4.90 Å². The summed E-state index contributed by atoms with van der Waals surface area (Å²) in [5.74, 6) is 0.155. The SMILES string of the molecule is Cc1cc(CCC(=O)N2C3CCC2CC(S(C)(=O)=O)C3)ccc1Cl. The normalized spacial score (nSPS) is 26.6. The number of halogens is 1. The minimum atomic E-state index is -3.02. The van der Waals surface area contributed by atoms with Crippen LogP contribution in [0.3, 0.4) is 0 Å². The molecule has 0 saturated carbocycles. The van der Waals surface area contributed by atoms with Crippen molar-refractivity contribution < 1.29 is 13.2 Å². The second-order valence-electron chi connectivity index (χ2n) is 7.19. The molecule has 2 atom stereocenters. The van der Waals surface area contributed by atoms with Crippen LogP contribution < -0.4 is 0 Å². The van der Waals surface area contributed by atoms with Gasteiger partial charge >= 0.3 is 0 Å². The van der Waals surface area contributed by atoms with Crippen molar-refractivity contribution >= 4 is 27.3 Å². The van der Waals surface area contributed by atoms with Gasteiger partial charge in [-0.1, -0.05) is 23.7 Å². The summed E-state index contributed by atoms with van der Waals surface area (Å²) in [4.78, 5) is 14.7. The van der Waals surface area contributed by atoms with Crippen LogP contribution in [0.1, 0.15) is 43.2 Å². The molecule has 0 N–H and O–H groups in total. The number of piperidine rings is 1. The molecule has 2 heterocycles. The molecule has 132 valence electrons. The van der Waals surface area contributed by atoms with Crippen LogP contribution in [-0.4, -0.2) is 42.8 Å². The summed E-state index contributed by atoms with van der Waals surface area (Å²) in [6.07, 6.45) is 5.55. The Morgan fingerprint density at radius 3 is 2.42 bits per heavy atom. The lowest BCUT2D eigenvalue weighted by Gasteiger charge is -2.38. The number of amides is 1. The van der Waals surface area contributed by atoms with Gasteiger partial charge in [-0.05, 0) is 56.2 Å². The topological polar surface area (TPSA) is 54.5 Å². The maximum atomic E-state index is 12.7. The zero-order chi connectivity index (χ0) is 17.5. The Kier molecular flexibility index (Phi) is 4.94. The average molecular weight is 370 g/mol. The van der Waals surface area contributed by atoms with Gasteiger partial charge in [-0.15, -0.1) is 0 Å². The molecule has 4 nitrogen and oxygen atoms in total. The molecular weight excluding hydrogens is 346 g/mol. The molecule has 2 saturated heterocycles. The van der Waals surface area contributed by atoms with E-state index in [2.05, 4.69) is 0 Å². The van der Waals surface area contributed by atoms with E-state index in [0.717, 1.165) is 29.0 Å². The summed E-state index contributed by atoms with van der Waals surface area (Å²) in [5, 5.41) is 0.462. The number of nitrogens with zero attached hydrogens (tertiary/aromatic N) is 1. The van der Waals surface area contributed by atoms with Gasteiger partial charge in [-0.2, -0.15) is 0 Å². The fourth-order valence-electron chi connectivity index (χ4n) is 4.13. The minimum Gasteiger partial charge on any atom is -0.337 e. The van der Waals surface area contributed by atoms with Gasteiger partial charge in [0, 0.05) is 29.8 Å². The molecule has 0 aromatic heterocycles. The predicted octanol–water partition coefficient (Wildman–Crippen LogP) is 3.15. The van der Waals surface area contributed by atoms with Crippen LogP contribution in [0.4, 0.5) is 0 Å². The minimum absolute atomic E-state index is 0.0999. The third kappa shape index (κ3) is 3.62. The molecule has 2 fully saturated rings. The molecule has 6 heteroatoms. The summed E-state index contributed by atoms with van der Waals surface area (Å²) in [6, 6.07) is 6.07. The van der Waals surface area contributed by atoms with E-state index >= 15 is 0 Å². The van der Waals surface area contributed by atoms with Gasteiger partial charge in [0.05, 0.1) is 5.25 Å². The molecule has 1 aromatic carbocycles. The monoisotopic (exact) mass is 369 g/mol. The first-order valence-corrected chi connectivity index (χ1v) is 10.8. The highest BCUT2D eigenvalue weighted by Gasteiger charge is 2.45. The smallest absolute Gasteiger partial charge is 0.223 e. The third-order valence-corrected chi connectivity index (χ3v) is 7.45. The van der Waals surface area contributed by atoms with Crippen LogP contribution in [0.2, 0.25) is 5.02 Å². The number of benzene rings is 1. The van der Waals surface area contributed by atoms with Crippen molar-refractivity contribution in [3.63, 3.8) is 0 Å². The van der Waals surface area contributed by atoms with Crippen LogP contribution in [0.25, 0.3) is 0 Å². The van der Waals surface area contributed by atoms with E-state index in [1.54, 1.807) is 0 Å². The summed E-state index contributed by atoms with van der Waals surface area (Å²) in [5.41, 5.74) is 2.14. The zero-order valence-corrected chi connectivity index (χ0v) is 15.7. The maximum absolute atomic E-state index is 12.7. The van der Waals surface area contributed by atoms with Crippen molar-refractivity contribution in [1.82, 2.24) is 4.90 Å². The van der Waals surface area contributed by atoms with Gasteiger partial charge in [0.1, 0.15) is 9.84 Å². The fourth-order valence-corrected chi connectivity index (χ4v) is 5.39. The zero-order valence-electron chi connectivity index (χ0n) is 14.2. The van der Waals surface area contributed by atoms with Crippen molar-refractivity contribution in [3.05, 3.63) is 34.3 Å². The van der Waals surface area contributed by atoms with Crippen LogP contribution >= 0.6 is 11.6 Å². The number of rotatable bonds is 4. The molecule has 2 aliphatic heterocycles. The first-order valence-electron chi connectivity index (χ1n) is 8.51. The van der Waals surface area contributed by atoms with Crippen molar-refractivity contribution in [2.24, 2.45) is 0 Å². The maximum Gasteiger partial charge on any atom is 0.223 e. The Bertz CT molecular complexity index is 733. The second-order valence-corrected chi connectivity index (χ2v) is 9.93. The van der Waals surface area contributed by atoms with Crippen LogP contribution in [-0.2, 0) is 21.1 Å². The molecule has 1 amide bonds. The Hall–Kier alpha value is -1.07. The van der Waals surface area contributed by atoms with Gasteiger partial charge in [0.2, 0.25) is 5.91 Å². The largest absolute Gasteiger partial charge is 0.337 e. The van der Waals surface area contributed by atoms with Gasteiger partial charge in [0.25, 0.3) is 0 Å². The van der Waals surface area contributed by atoms with Crippen molar-refractivity contribution in [3.8, 4) is 0 Å². The Morgan fingerprint density at radius 1 is 1.25 bits per heavy atom. The molecule has 0 spiro atoms. The van der Waals surface area contributed by atoms with E-state index in [-0.39, 0.29) is 23.2 Å². The van der Waals surface area contributed by atoms with E-state index in [0.29, 0.717) is 25.7 Å². The lowest BCUT2D eigenvalue weighted by Crippen LogP contribution is -2.49. The van der Waals surface area contributed by atoms with Gasteiger partial charge in [-0.25, -0.2) is 8.42 Å². The van der Waals surface area contributed by atoms with Gasteiger partial charge in [0.15, 0.2) is 0 Å². The number of carbonyl (C=O) groups is 1. The Labute approximate surface area is 149 Å². The number of sulfone groups is 1. The van der Waals surface area contributed by atoms with E-state index in [9.17, 15) is 13.2 Å². The van der Waals surface area contributed by atoms with E-state index < -0.39 is 9.84 Å². The number of hydrogen-bond acceptors (Lipinski definition) is 3. The first-order chi connectivity index (χ1) is 11.3. The standard InChI is InChI=1S/C18H24ClNO3S/c1-12-9-13(3-7-17(12)19)4-8-18(21)20-14-5-6-15(20)11-16(10-14)24(2,22)23/h3,7,9,14-16H,4-6,8,10-11H2,1-2H3. The van der Waals surface area contributed by atoms with Crippen LogP contribution in [0, 0.1) is 6.92 Å². The second kappa shape index (κ2) is 6.68. The molecule has 2 aliphatic rings. The number of hydrogen-bond donors (Lipinski definition) is 0. The predicted molar refractivity (Wildman–Crippen MR) is 96.0 cm³/mol. The highest BCUT2D eigenvalue weighted by Crippen LogP contribution is 2.38. The average Bonchev–Trinajstić information content (AvgIpc) is 2.77. The lowest BCUT2D eigenvalue weighted by molar-refractivity contribution is -0.135. The summed E-state index contributed by atoms with van der Waals surface area (Å²) in [6.45, 7) is 1.96. The van der Waals surface area contributed by atoms with Crippen molar-refractivity contribution in [2.45, 2.75) is 62.8 Å². The summed E-state index contributed by atoms with van der Waals surface area (Å²) < 4.78 is 23.7. The Balaban J connectivity index is 1.63. The van der Waals surface area contributed by atoms with Crippen molar-refractivity contribution in [2.75, 3.05) is 6.26 Å². The molecule has 2 unspecified atom stereocenters. The molecule has 2 bridgehead atoms. The van der Waals surface area contributed by atoms with E-state index in [4.69, 9.17) is 11.6 Å². The van der Waals surface area contributed by atoms with Crippen LogP contribution in [0.5, 0.6) is 0 Å². The van der Waals surface area contributed by atoms with Gasteiger partial charge in [-0.3, -0.25) is 4.79 Å². The van der Waals surface area contributed by atoms with Crippen LogP contribution in [0.15, 0.2) is 18.2 Å². The quantitative estimate of drug-likeness (QED) is 0.819. The van der Waals surface area contributed by atoms with Crippen molar-refractivity contribution in [1.29, 1.82) is 0 Å².